The van der Waals surface area contributed by atoms with Crippen LogP contribution in [0.15, 0.2) is 16.8 Å². The van der Waals surface area contributed by atoms with E-state index in [1.807, 2.05) is 21.7 Å². The van der Waals surface area contributed by atoms with Crippen LogP contribution in [0, 0.1) is 5.92 Å². The second-order valence-corrected chi connectivity index (χ2v) is 6.58. The van der Waals surface area contributed by atoms with Crippen molar-refractivity contribution in [2.45, 2.75) is 12.8 Å². The molecule has 1 aromatic rings. The Kier molecular flexibility index (Phi) is 4.70. The lowest BCUT2D eigenvalue weighted by atomic mass is 9.97. The molecule has 0 aromatic carbocycles. The molecule has 0 unspecified atom stereocenters. The number of piperidine rings is 1. The molecule has 5 heteroatoms. The van der Waals surface area contributed by atoms with Crippen molar-refractivity contribution in [2.75, 3.05) is 45.8 Å². The maximum Gasteiger partial charge on any atom is 0.254 e. The highest BCUT2D eigenvalue weighted by Crippen LogP contribution is 2.16. The van der Waals surface area contributed by atoms with Crippen LogP contribution in [0.1, 0.15) is 23.2 Å². The third kappa shape index (κ3) is 3.40. The number of piperazine rings is 1. The lowest BCUT2D eigenvalue weighted by molar-refractivity contribution is 0.0609. The molecule has 2 aliphatic rings. The predicted octanol–water partition coefficient (Wildman–Crippen LogP) is 1.51. The molecule has 0 aliphatic carbocycles. The van der Waals surface area contributed by atoms with Crippen molar-refractivity contribution >= 4 is 17.2 Å². The topological polar surface area (TPSA) is 35.6 Å². The van der Waals surface area contributed by atoms with Gasteiger partial charge in [0.2, 0.25) is 0 Å². The monoisotopic (exact) mass is 293 g/mol. The Morgan fingerprint density at radius 3 is 2.65 bits per heavy atom. The van der Waals surface area contributed by atoms with E-state index in [9.17, 15) is 4.79 Å². The summed E-state index contributed by atoms with van der Waals surface area (Å²) in [5, 5.41) is 7.34. The van der Waals surface area contributed by atoms with Crippen molar-refractivity contribution in [2.24, 2.45) is 5.92 Å². The fraction of sp³-hybridized carbons (Fsp3) is 0.667. The van der Waals surface area contributed by atoms with Crippen LogP contribution in [0.5, 0.6) is 0 Å². The Hall–Kier alpha value is -0.910. The number of hydrogen-bond acceptors (Lipinski definition) is 4. The Morgan fingerprint density at radius 2 is 2.00 bits per heavy atom. The minimum Gasteiger partial charge on any atom is -0.336 e. The summed E-state index contributed by atoms with van der Waals surface area (Å²) in [4.78, 5) is 16.8. The molecule has 0 bridgehead atoms. The van der Waals surface area contributed by atoms with Gasteiger partial charge in [-0.1, -0.05) is 0 Å². The van der Waals surface area contributed by atoms with E-state index in [-0.39, 0.29) is 5.91 Å². The van der Waals surface area contributed by atoms with E-state index in [0.717, 1.165) is 37.7 Å². The van der Waals surface area contributed by atoms with Crippen molar-refractivity contribution in [1.29, 1.82) is 0 Å². The van der Waals surface area contributed by atoms with Gasteiger partial charge in [0.15, 0.2) is 0 Å². The van der Waals surface area contributed by atoms with E-state index in [4.69, 9.17) is 0 Å². The molecule has 2 saturated heterocycles. The SMILES string of the molecule is O=C(c1ccsc1)N1CCN(CC2CCNCC2)CC1. The van der Waals surface area contributed by atoms with Gasteiger partial charge in [0.1, 0.15) is 0 Å². The van der Waals surface area contributed by atoms with Crippen molar-refractivity contribution < 1.29 is 4.79 Å². The largest absolute Gasteiger partial charge is 0.336 e. The quantitative estimate of drug-likeness (QED) is 0.917. The Labute approximate surface area is 124 Å². The molecule has 2 fully saturated rings. The zero-order chi connectivity index (χ0) is 13.8. The van der Waals surface area contributed by atoms with Gasteiger partial charge < -0.3 is 10.2 Å². The van der Waals surface area contributed by atoms with Gasteiger partial charge in [0.05, 0.1) is 5.56 Å². The average molecular weight is 293 g/mol. The third-order valence-corrected chi connectivity index (χ3v) is 5.09. The highest BCUT2D eigenvalue weighted by molar-refractivity contribution is 7.08. The standard InChI is InChI=1S/C15H23N3OS/c19-15(14-3-10-20-12-14)18-8-6-17(7-9-18)11-13-1-4-16-5-2-13/h3,10,12-13,16H,1-2,4-9,11H2. The number of rotatable bonds is 3. The molecule has 1 N–H and O–H groups in total. The van der Waals surface area contributed by atoms with E-state index in [1.165, 1.54) is 32.5 Å². The predicted molar refractivity (Wildman–Crippen MR) is 82.3 cm³/mol. The smallest absolute Gasteiger partial charge is 0.254 e. The summed E-state index contributed by atoms with van der Waals surface area (Å²) in [6.07, 6.45) is 2.60. The number of nitrogens with one attached hydrogen (secondary N) is 1. The number of nitrogens with zero attached hydrogens (tertiary/aromatic N) is 2. The lowest BCUT2D eigenvalue weighted by Gasteiger charge is -2.37. The summed E-state index contributed by atoms with van der Waals surface area (Å²) in [5.74, 6) is 1.04. The van der Waals surface area contributed by atoms with Crippen molar-refractivity contribution in [1.82, 2.24) is 15.1 Å². The Bertz CT molecular complexity index is 420. The molecule has 1 amide bonds. The van der Waals surface area contributed by atoms with E-state index in [1.54, 1.807) is 11.3 Å². The summed E-state index contributed by atoms with van der Waals surface area (Å²) >= 11 is 1.59. The second kappa shape index (κ2) is 6.70. The molecule has 0 spiro atoms. The maximum atomic E-state index is 12.3. The van der Waals surface area contributed by atoms with Gasteiger partial charge >= 0.3 is 0 Å². The number of amides is 1. The van der Waals surface area contributed by atoms with Crippen LogP contribution in [0.25, 0.3) is 0 Å². The summed E-state index contributed by atoms with van der Waals surface area (Å²) in [7, 11) is 0. The number of hydrogen-bond donors (Lipinski definition) is 1. The van der Waals surface area contributed by atoms with Crippen molar-refractivity contribution in [3.05, 3.63) is 22.4 Å². The molecular formula is C15H23N3OS. The van der Waals surface area contributed by atoms with E-state index in [2.05, 4.69) is 10.2 Å². The highest BCUT2D eigenvalue weighted by atomic mass is 32.1. The minimum absolute atomic E-state index is 0.202. The third-order valence-electron chi connectivity index (χ3n) is 4.40. The first kappa shape index (κ1) is 14.0. The highest BCUT2D eigenvalue weighted by Gasteiger charge is 2.24. The van der Waals surface area contributed by atoms with Crippen LogP contribution in [0.2, 0.25) is 0 Å². The maximum absolute atomic E-state index is 12.3. The van der Waals surface area contributed by atoms with E-state index >= 15 is 0 Å². The fourth-order valence-electron chi connectivity index (χ4n) is 3.13. The molecule has 3 heterocycles. The van der Waals surface area contributed by atoms with Crippen LogP contribution in [0.3, 0.4) is 0 Å². The molecule has 3 rings (SSSR count). The first-order chi connectivity index (χ1) is 9.83. The van der Waals surface area contributed by atoms with Gasteiger partial charge in [-0.25, -0.2) is 0 Å². The zero-order valence-electron chi connectivity index (χ0n) is 11.9. The molecule has 0 atom stereocenters. The van der Waals surface area contributed by atoms with Crippen molar-refractivity contribution in [3.63, 3.8) is 0 Å². The summed E-state index contributed by atoms with van der Waals surface area (Å²) < 4.78 is 0. The second-order valence-electron chi connectivity index (χ2n) is 5.80. The molecule has 1 aromatic heterocycles. The van der Waals surface area contributed by atoms with Crippen LogP contribution in [-0.2, 0) is 0 Å². The van der Waals surface area contributed by atoms with Gasteiger partial charge in [0.25, 0.3) is 5.91 Å². The number of carbonyl (C=O) groups excluding carboxylic acids is 1. The zero-order valence-corrected chi connectivity index (χ0v) is 12.7. The minimum atomic E-state index is 0.202. The van der Waals surface area contributed by atoms with E-state index in [0.29, 0.717) is 0 Å². The van der Waals surface area contributed by atoms with E-state index < -0.39 is 0 Å². The van der Waals surface area contributed by atoms with Gasteiger partial charge in [-0.15, -0.1) is 0 Å². The van der Waals surface area contributed by atoms with Gasteiger partial charge in [-0.2, -0.15) is 11.3 Å². The Balaban J connectivity index is 1.45. The van der Waals surface area contributed by atoms with Gasteiger partial charge in [-0.05, 0) is 43.3 Å². The number of thiophene rings is 1. The van der Waals surface area contributed by atoms with Gasteiger partial charge in [-0.3, -0.25) is 9.69 Å². The molecular weight excluding hydrogens is 270 g/mol. The molecule has 0 saturated carbocycles. The molecule has 110 valence electrons. The molecule has 4 nitrogen and oxygen atoms in total. The van der Waals surface area contributed by atoms with Crippen LogP contribution >= 0.6 is 11.3 Å². The first-order valence-corrected chi connectivity index (χ1v) is 8.52. The summed E-state index contributed by atoms with van der Waals surface area (Å²) in [5.41, 5.74) is 0.849. The van der Waals surface area contributed by atoms with Crippen LogP contribution in [-0.4, -0.2) is 61.5 Å². The van der Waals surface area contributed by atoms with Crippen molar-refractivity contribution in [3.8, 4) is 0 Å². The van der Waals surface area contributed by atoms with Gasteiger partial charge in [0, 0.05) is 38.1 Å². The molecule has 20 heavy (non-hydrogen) atoms. The average Bonchev–Trinajstić information content (AvgIpc) is 3.03. The summed E-state index contributed by atoms with van der Waals surface area (Å²) in [6, 6.07) is 1.93. The Morgan fingerprint density at radius 1 is 1.25 bits per heavy atom. The fourth-order valence-corrected chi connectivity index (χ4v) is 3.76. The lowest BCUT2D eigenvalue weighted by Crippen LogP contribution is -2.50. The summed E-state index contributed by atoms with van der Waals surface area (Å²) in [6.45, 7) is 7.35. The first-order valence-electron chi connectivity index (χ1n) is 7.57. The van der Waals surface area contributed by atoms with Crippen LogP contribution in [0.4, 0.5) is 0 Å². The molecule has 0 radical (unpaired) electrons. The number of carbonyl (C=O) groups is 1. The molecule has 2 aliphatic heterocycles. The van der Waals surface area contributed by atoms with Crippen LogP contribution < -0.4 is 5.32 Å². The normalized spacial score (nSPS) is 22.1.